The highest BCUT2D eigenvalue weighted by atomic mass is 16.3. The van der Waals surface area contributed by atoms with Crippen LogP contribution in [0.5, 0.6) is 0 Å². The number of benzene rings is 1. The summed E-state index contributed by atoms with van der Waals surface area (Å²) in [6.07, 6.45) is 4.57. The molecule has 0 saturated carbocycles. The van der Waals surface area contributed by atoms with Gasteiger partial charge in [-0.1, -0.05) is 6.92 Å². The Balaban J connectivity index is 2.08. The molecule has 0 aliphatic heterocycles. The summed E-state index contributed by atoms with van der Waals surface area (Å²) in [5.41, 5.74) is 4.22. The number of aromatic nitrogens is 2. The van der Waals surface area contributed by atoms with Crippen molar-refractivity contribution in [1.82, 2.24) is 15.3 Å². The third-order valence-corrected chi connectivity index (χ3v) is 3.05. The third-order valence-electron chi connectivity index (χ3n) is 3.05. The molecule has 0 bridgehead atoms. The molecule has 3 rings (SSSR count). The maximum atomic E-state index is 5.34. The minimum Gasteiger partial charge on any atom is -0.443 e. The van der Waals surface area contributed by atoms with E-state index < -0.39 is 0 Å². The lowest BCUT2D eigenvalue weighted by Gasteiger charge is -2.00. The summed E-state index contributed by atoms with van der Waals surface area (Å²) in [5, 5.41) is 4.52. The van der Waals surface area contributed by atoms with Crippen molar-refractivity contribution in [2.24, 2.45) is 0 Å². The van der Waals surface area contributed by atoms with Gasteiger partial charge in [0.15, 0.2) is 12.0 Å². The van der Waals surface area contributed by atoms with Gasteiger partial charge in [0.05, 0.1) is 0 Å². The summed E-state index contributed by atoms with van der Waals surface area (Å²) in [6, 6.07) is 3.99. The Morgan fingerprint density at radius 3 is 3.24 bits per heavy atom. The van der Waals surface area contributed by atoms with Crippen LogP contribution >= 0.6 is 0 Å². The molecular weight excluding hydrogens is 214 g/mol. The van der Waals surface area contributed by atoms with E-state index in [0.29, 0.717) is 0 Å². The molecule has 4 heteroatoms. The van der Waals surface area contributed by atoms with Gasteiger partial charge in [0.2, 0.25) is 0 Å². The monoisotopic (exact) mass is 229 g/mol. The molecule has 0 atom stereocenters. The highest BCUT2D eigenvalue weighted by Crippen LogP contribution is 2.27. The fourth-order valence-corrected chi connectivity index (χ4v) is 2.21. The fraction of sp³-hybridized carbons (Fsp3) is 0.308. The second-order valence-corrected chi connectivity index (χ2v) is 4.10. The van der Waals surface area contributed by atoms with Crippen LogP contribution in [0.4, 0.5) is 0 Å². The van der Waals surface area contributed by atoms with Crippen LogP contribution in [0.1, 0.15) is 12.5 Å². The number of aromatic amines is 1. The average Bonchev–Trinajstić information content (AvgIpc) is 2.94. The Morgan fingerprint density at radius 2 is 2.35 bits per heavy atom. The molecule has 3 aromatic rings. The van der Waals surface area contributed by atoms with Gasteiger partial charge in [0.1, 0.15) is 5.52 Å². The van der Waals surface area contributed by atoms with E-state index in [1.807, 2.05) is 12.1 Å². The molecule has 0 radical (unpaired) electrons. The van der Waals surface area contributed by atoms with Gasteiger partial charge in [-0.15, -0.1) is 0 Å². The van der Waals surface area contributed by atoms with Gasteiger partial charge < -0.3 is 14.7 Å². The number of likely N-dealkylation sites (N-methyl/N-ethyl adjacent to an activating group) is 1. The van der Waals surface area contributed by atoms with Crippen molar-refractivity contribution in [3.05, 3.63) is 30.3 Å². The number of nitrogens with one attached hydrogen (secondary N) is 2. The van der Waals surface area contributed by atoms with E-state index in [4.69, 9.17) is 4.42 Å². The van der Waals surface area contributed by atoms with Gasteiger partial charge in [0.25, 0.3) is 0 Å². The first-order chi connectivity index (χ1) is 8.40. The van der Waals surface area contributed by atoms with Crippen molar-refractivity contribution in [3.8, 4) is 0 Å². The quantitative estimate of drug-likeness (QED) is 0.676. The van der Waals surface area contributed by atoms with Gasteiger partial charge in [0, 0.05) is 17.1 Å². The summed E-state index contributed by atoms with van der Waals surface area (Å²) in [5.74, 6) is 0. The molecule has 0 saturated heterocycles. The summed E-state index contributed by atoms with van der Waals surface area (Å²) < 4.78 is 5.34. The van der Waals surface area contributed by atoms with Crippen LogP contribution in [-0.4, -0.2) is 23.1 Å². The van der Waals surface area contributed by atoms with E-state index in [2.05, 4.69) is 28.4 Å². The van der Waals surface area contributed by atoms with Crippen molar-refractivity contribution in [3.63, 3.8) is 0 Å². The molecular formula is C13H15N3O. The van der Waals surface area contributed by atoms with E-state index in [0.717, 1.165) is 36.1 Å². The van der Waals surface area contributed by atoms with Crippen LogP contribution in [0, 0.1) is 0 Å². The SMILES string of the molecule is CCNCCc1c[nH]c2ccc3ocnc3c12. The molecule has 0 fully saturated rings. The van der Waals surface area contributed by atoms with Crippen molar-refractivity contribution < 1.29 is 4.42 Å². The first kappa shape index (κ1) is 10.4. The van der Waals surface area contributed by atoms with E-state index in [1.54, 1.807) is 0 Å². The fourth-order valence-electron chi connectivity index (χ4n) is 2.21. The minimum atomic E-state index is 0.849. The van der Waals surface area contributed by atoms with Crippen LogP contribution < -0.4 is 5.32 Å². The Bertz CT molecular complexity index is 638. The Labute approximate surface area is 99.0 Å². The third kappa shape index (κ3) is 1.70. The van der Waals surface area contributed by atoms with Gasteiger partial charge >= 0.3 is 0 Å². The van der Waals surface area contributed by atoms with Gasteiger partial charge in [-0.2, -0.15) is 0 Å². The topological polar surface area (TPSA) is 53.9 Å². The summed E-state index contributed by atoms with van der Waals surface area (Å²) in [4.78, 5) is 7.59. The molecule has 2 N–H and O–H groups in total. The van der Waals surface area contributed by atoms with Crippen molar-refractivity contribution in [2.45, 2.75) is 13.3 Å². The highest BCUT2D eigenvalue weighted by molar-refractivity contribution is 6.04. The Kier molecular flexibility index (Phi) is 2.57. The number of rotatable bonds is 4. The number of nitrogens with zero attached hydrogens (tertiary/aromatic N) is 1. The molecule has 17 heavy (non-hydrogen) atoms. The molecule has 0 amide bonds. The van der Waals surface area contributed by atoms with Crippen LogP contribution in [0.15, 0.2) is 29.1 Å². The second-order valence-electron chi connectivity index (χ2n) is 4.10. The maximum absolute atomic E-state index is 5.34. The maximum Gasteiger partial charge on any atom is 0.182 e. The van der Waals surface area contributed by atoms with Crippen LogP contribution in [0.2, 0.25) is 0 Å². The lowest BCUT2D eigenvalue weighted by atomic mass is 10.1. The Hall–Kier alpha value is -1.81. The van der Waals surface area contributed by atoms with E-state index >= 15 is 0 Å². The molecule has 0 unspecified atom stereocenters. The predicted molar refractivity (Wildman–Crippen MR) is 68.1 cm³/mol. The van der Waals surface area contributed by atoms with Crippen molar-refractivity contribution in [1.29, 1.82) is 0 Å². The smallest absolute Gasteiger partial charge is 0.182 e. The minimum absolute atomic E-state index is 0.849. The van der Waals surface area contributed by atoms with Crippen LogP contribution in [0.3, 0.4) is 0 Å². The zero-order valence-electron chi connectivity index (χ0n) is 9.79. The van der Waals surface area contributed by atoms with Crippen molar-refractivity contribution in [2.75, 3.05) is 13.1 Å². The van der Waals surface area contributed by atoms with Gasteiger partial charge in [-0.25, -0.2) is 4.98 Å². The molecule has 2 heterocycles. The first-order valence-corrected chi connectivity index (χ1v) is 5.93. The molecule has 0 spiro atoms. The van der Waals surface area contributed by atoms with E-state index in [1.165, 1.54) is 17.3 Å². The molecule has 1 aromatic carbocycles. The van der Waals surface area contributed by atoms with E-state index in [9.17, 15) is 0 Å². The molecule has 2 aromatic heterocycles. The second kappa shape index (κ2) is 4.22. The Morgan fingerprint density at radius 1 is 1.41 bits per heavy atom. The summed E-state index contributed by atoms with van der Waals surface area (Å²) in [7, 11) is 0. The highest BCUT2D eigenvalue weighted by Gasteiger charge is 2.10. The number of hydrogen-bond donors (Lipinski definition) is 2. The number of hydrogen-bond acceptors (Lipinski definition) is 3. The summed E-state index contributed by atoms with van der Waals surface area (Å²) >= 11 is 0. The number of fused-ring (bicyclic) bond motifs is 3. The zero-order chi connectivity index (χ0) is 11.7. The zero-order valence-corrected chi connectivity index (χ0v) is 9.79. The largest absolute Gasteiger partial charge is 0.443 e. The van der Waals surface area contributed by atoms with Gasteiger partial charge in [-0.05, 0) is 37.2 Å². The van der Waals surface area contributed by atoms with Crippen LogP contribution in [0.25, 0.3) is 22.0 Å². The lowest BCUT2D eigenvalue weighted by Crippen LogP contribution is -2.15. The first-order valence-electron chi connectivity index (χ1n) is 5.93. The predicted octanol–water partition coefficient (Wildman–Crippen LogP) is 2.46. The van der Waals surface area contributed by atoms with E-state index in [-0.39, 0.29) is 0 Å². The standard InChI is InChI=1S/C13H15N3O/c1-2-14-6-5-9-7-15-10-3-4-11-13(12(9)10)16-8-17-11/h3-4,7-8,14-15H,2,5-6H2,1H3. The van der Waals surface area contributed by atoms with Gasteiger partial charge in [-0.3, -0.25) is 0 Å². The molecule has 0 aliphatic rings. The average molecular weight is 229 g/mol. The number of oxazole rings is 1. The molecule has 0 aliphatic carbocycles. The van der Waals surface area contributed by atoms with Crippen LogP contribution in [-0.2, 0) is 6.42 Å². The normalized spacial score (nSPS) is 11.6. The number of H-pyrrole nitrogens is 1. The van der Waals surface area contributed by atoms with Crippen molar-refractivity contribution >= 4 is 22.0 Å². The summed E-state index contributed by atoms with van der Waals surface area (Å²) in [6.45, 7) is 4.10. The molecule has 88 valence electrons. The molecule has 4 nitrogen and oxygen atoms in total. The lowest BCUT2D eigenvalue weighted by molar-refractivity contribution is 0.602.